The number of anilines is 2. The highest BCUT2D eigenvalue weighted by Crippen LogP contribution is 2.24. The minimum atomic E-state index is -3.61. The highest BCUT2D eigenvalue weighted by atomic mass is 32.2. The van der Waals surface area contributed by atoms with Gasteiger partial charge in [-0.3, -0.25) is 4.72 Å². The van der Waals surface area contributed by atoms with Gasteiger partial charge in [-0.1, -0.05) is 13.8 Å². The molecule has 0 radical (unpaired) electrons. The fourth-order valence-corrected chi connectivity index (χ4v) is 5.01. The van der Waals surface area contributed by atoms with E-state index in [-0.39, 0.29) is 5.82 Å². The van der Waals surface area contributed by atoms with Gasteiger partial charge in [0.25, 0.3) is 10.0 Å². The molecule has 0 aromatic carbocycles. The van der Waals surface area contributed by atoms with Gasteiger partial charge in [-0.2, -0.15) is 0 Å². The first-order valence-corrected chi connectivity index (χ1v) is 10.7. The number of hydrogen-bond acceptors (Lipinski definition) is 7. The van der Waals surface area contributed by atoms with Crippen LogP contribution in [0.4, 0.5) is 11.6 Å². The normalized spacial score (nSPS) is 16.2. The van der Waals surface area contributed by atoms with Crippen molar-refractivity contribution in [2.45, 2.75) is 24.5 Å². The van der Waals surface area contributed by atoms with Crippen LogP contribution in [0.3, 0.4) is 0 Å². The Hall–Kier alpha value is -1.71. The van der Waals surface area contributed by atoms with Gasteiger partial charge in [0.2, 0.25) is 0 Å². The molecule has 7 nitrogen and oxygen atoms in total. The zero-order chi connectivity index (χ0) is 17.9. The number of rotatable bonds is 6. The molecule has 1 N–H and O–H groups in total. The lowest BCUT2D eigenvalue weighted by atomic mass is 10.3. The maximum absolute atomic E-state index is 12.4. The second-order valence-electron chi connectivity index (χ2n) is 5.88. The zero-order valence-electron chi connectivity index (χ0n) is 14.5. The molecule has 0 amide bonds. The second kappa shape index (κ2) is 7.67. The summed E-state index contributed by atoms with van der Waals surface area (Å²) in [5.41, 5.74) is 0. The van der Waals surface area contributed by atoms with E-state index in [0.29, 0.717) is 4.21 Å². The second-order valence-corrected chi connectivity index (χ2v) is 8.96. The number of aromatic nitrogens is 2. The minimum absolute atomic E-state index is 0.238. The lowest BCUT2D eigenvalue weighted by Crippen LogP contribution is -2.46. The summed E-state index contributed by atoms with van der Waals surface area (Å²) >= 11 is 1.28. The summed E-state index contributed by atoms with van der Waals surface area (Å²) in [6, 6.07) is 6.95. The van der Waals surface area contributed by atoms with E-state index < -0.39 is 10.0 Å². The van der Waals surface area contributed by atoms with Gasteiger partial charge in [-0.15, -0.1) is 21.5 Å². The van der Waals surface area contributed by atoms with Crippen molar-refractivity contribution in [2.24, 2.45) is 0 Å². The van der Waals surface area contributed by atoms with Crippen LogP contribution in [-0.2, 0) is 16.4 Å². The van der Waals surface area contributed by atoms with E-state index in [4.69, 9.17) is 0 Å². The van der Waals surface area contributed by atoms with Crippen LogP contribution in [0.1, 0.15) is 18.7 Å². The van der Waals surface area contributed by atoms with E-state index in [0.717, 1.165) is 49.8 Å². The van der Waals surface area contributed by atoms with Crippen molar-refractivity contribution in [3.8, 4) is 0 Å². The largest absolute Gasteiger partial charge is 0.353 e. The third-order valence-electron chi connectivity index (χ3n) is 4.28. The number of piperazine rings is 1. The van der Waals surface area contributed by atoms with Gasteiger partial charge in [0.05, 0.1) is 0 Å². The number of likely N-dealkylation sites (N-methyl/N-ethyl adjacent to an activating group) is 1. The van der Waals surface area contributed by atoms with Gasteiger partial charge >= 0.3 is 0 Å². The predicted octanol–water partition coefficient (Wildman–Crippen LogP) is 2.04. The van der Waals surface area contributed by atoms with Gasteiger partial charge in [0, 0.05) is 31.1 Å². The van der Waals surface area contributed by atoms with Gasteiger partial charge in [-0.05, 0) is 37.2 Å². The van der Waals surface area contributed by atoms with Crippen molar-refractivity contribution in [1.82, 2.24) is 15.1 Å². The molecule has 3 rings (SSSR count). The molecule has 0 aliphatic carbocycles. The molecular weight excluding hydrogens is 358 g/mol. The van der Waals surface area contributed by atoms with Crippen molar-refractivity contribution in [2.75, 3.05) is 42.3 Å². The number of sulfonamides is 1. The van der Waals surface area contributed by atoms with Crippen LogP contribution in [0.25, 0.3) is 0 Å². The molecule has 0 bridgehead atoms. The smallest absolute Gasteiger partial charge is 0.272 e. The third kappa shape index (κ3) is 4.28. The highest BCUT2D eigenvalue weighted by molar-refractivity contribution is 7.94. The molecule has 3 heterocycles. The number of thiophene rings is 1. The molecule has 9 heteroatoms. The van der Waals surface area contributed by atoms with Crippen LogP contribution in [-0.4, -0.2) is 56.2 Å². The van der Waals surface area contributed by atoms with Gasteiger partial charge < -0.3 is 9.80 Å². The highest BCUT2D eigenvalue weighted by Gasteiger charge is 2.19. The third-order valence-corrected chi connectivity index (χ3v) is 7.36. The molecule has 0 atom stereocenters. The molecule has 2 aromatic rings. The number of nitrogens with one attached hydrogen (secondary N) is 1. The molecule has 1 saturated heterocycles. The summed E-state index contributed by atoms with van der Waals surface area (Å²) in [6.45, 7) is 9.04. The number of hydrogen-bond donors (Lipinski definition) is 1. The maximum Gasteiger partial charge on any atom is 0.272 e. The summed E-state index contributed by atoms with van der Waals surface area (Å²) in [5.74, 6) is 1.02. The Balaban J connectivity index is 1.66. The molecule has 2 aromatic heterocycles. The van der Waals surface area contributed by atoms with Crippen molar-refractivity contribution in [3.63, 3.8) is 0 Å². The number of aryl methyl sites for hydroxylation is 1. The Morgan fingerprint density at radius 1 is 1.08 bits per heavy atom. The Bertz CT molecular complexity index is 796. The van der Waals surface area contributed by atoms with E-state index in [1.54, 1.807) is 12.1 Å². The van der Waals surface area contributed by atoms with Crippen LogP contribution in [0.5, 0.6) is 0 Å². The topological polar surface area (TPSA) is 78.4 Å². The quantitative estimate of drug-likeness (QED) is 0.825. The molecule has 0 spiro atoms. The molecule has 1 fully saturated rings. The lowest BCUT2D eigenvalue weighted by Gasteiger charge is -2.34. The predicted molar refractivity (Wildman–Crippen MR) is 101 cm³/mol. The molecule has 25 heavy (non-hydrogen) atoms. The molecule has 1 aliphatic heterocycles. The van der Waals surface area contributed by atoms with Gasteiger partial charge in [-0.25, -0.2) is 8.42 Å². The average Bonchev–Trinajstić information content (AvgIpc) is 3.12. The Kier molecular flexibility index (Phi) is 5.55. The Labute approximate surface area is 152 Å². The molecule has 0 saturated carbocycles. The molecule has 136 valence electrons. The van der Waals surface area contributed by atoms with Crippen LogP contribution in [0.15, 0.2) is 28.5 Å². The summed E-state index contributed by atoms with van der Waals surface area (Å²) in [5, 5.41) is 8.23. The van der Waals surface area contributed by atoms with Crippen molar-refractivity contribution in [1.29, 1.82) is 0 Å². The zero-order valence-corrected chi connectivity index (χ0v) is 16.1. The van der Waals surface area contributed by atoms with Crippen molar-refractivity contribution < 1.29 is 8.42 Å². The van der Waals surface area contributed by atoms with Gasteiger partial charge in [0.15, 0.2) is 11.6 Å². The number of nitrogens with zero attached hydrogens (tertiary/aromatic N) is 4. The molecular formula is C16H23N5O2S2. The van der Waals surface area contributed by atoms with E-state index in [2.05, 4.69) is 31.6 Å². The van der Waals surface area contributed by atoms with E-state index in [9.17, 15) is 8.42 Å². The minimum Gasteiger partial charge on any atom is -0.353 e. The summed E-state index contributed by atoms with van der Waals surface area (Å²) < 4.78 is 27.6. The van der Waals surface area contributed by atoms with E-state index in [1.165, 1.54) is 11.3 Å². The molecule has 0 unspecified atom stereocenters. The first-order valence-electron chi connectivity index (χ1n) is 8.44. The Morgan fingerprint density at radius 2 is 1.84 bits per heavy atom. The SMILES string of the molecule is CCc1ccc(S(=O)(=O)Nc2ccc(N3CCN(CC)CC3)nn2)s1. The van der Waals surface area contributed by atoms with E-state index >= 15 is 0 Å². The van der Waals surface area contributed by atoms with Crippen LogP contribution >= 0.6 is 11.3 Å². The summed E-state index contributed by atoms with van der Waals surface area (Å²) in [7, 11) is -3.61. The van der Waals surface area contributed by atoms with E-state index in [1.807, 2.05) is 19.1 Å². The average molecular weight is 382 g/mol. The van der Waals surface area contributed by atoms with Gasteiger partial charge in [0.1, 0.15) is 4.21 Å². The van der Waals surface area contributed by atoms with Crippen LogP contribution in [0.2, 0.25) is 0 Å². The van der Waals surface area contributed by atoms with Crippen molar-refractivity contribution >= 4 is 33.0 Å². The first kappa shape index (κ1) is 18.1. The monoisotopic (exact) mass is 381 g/mol. The van der Waals surface area contributed by atoms with Crippen LogP contribution in [0, 0.1) is 0 Å². The lowest BCUT2D eigenvalue weighted by molar-refractivity contribution is 0.270. The first-order chi connectivity index (χ1) is 12.0. The molecule has 1 aliphatic rings. The summed E-state index contributed by atoms with van der Waals surface area (Å²) in [6.07, 6.45) is 0.819. The maximum atomic E-state index is 12.4. The Morgan fingerprint density at radius 3 is 2.40 bits per heavy atom. The fraction of sp³-hybridized carbons (Fsp3) is 0.500. The summed E-state index contributed by atoms with van der Waals surface area (Å²) in [4.78, 5) is 5.59. The standard InChI is InChI=1S/C16H23N5O2S2/c1-3-13-5-8-16(24-13)25(22,23)19-14-6-7-15(18-17-14)21-11-9-20(4-2)10-12-21/h5-8H,3-4,9-12H2,1-2H3,(H,17,19). The fourth-order valence-electron chi connectivity index (χ4n) is 2.72. The van der Waals surface area contributed by atoms with Crippen molar-refractivity contribution in [3.05, 3.63) is 29.1 Å². The van der Waals surface area contributed by atoms with Crippen LogP contribution < -0.4 is 9.62 Å².